The van der Waals surface area contributed by atoms with Gasteiger partial charge in [0, 0.05) is 30.5 Å². The Hall–Kier alpha value is -4.42. The quantitative estimate of drug-likeness (QED) is 0.241. The van der Waals surface area contributed by atoms with Crippen LogP contribution in [0.5, 0.6) is 0 Å². The van der Waals surface area contributed by atoms with E-state index in [0.29, 0.717) is 23.1 Å². The van der Waals surface area contributed by atoms with Gasteiger partial charge in [-0.2, -0.15) is 13.2 Å². The van der Waals surface area contributed by atoms with Crippen LogP contribution in [0.2, 0.25) is 0 Å². The number of amides is 4. The Kier molecular flexibility index (Phi) is 10.2. The molecular formula is C32H37F4N5O4. The second kappa shape index (κ2) is 13.7. The molecule has 0 saturated carbocycles. The average molecular weight is 632 g/mol. The highest BCUT2D eigenvalue weighted by atomic mass is 19.4. The molecule has 0 spiro atoms. The molecule has 1 aromatic heterocycles. The van der Waals surface area contributed by atoms with E-state index < -0.39 is 46.9 Å². The van der Waals surface area contributed by atoms with E-state index in [1.165, 1.54) is 30.3 Å². The minimum atomic E-state index is -4.58. The number of carbonyl (C=O) groups is 4. The summed E-state index contributed by atoms with van der Waals surface area (Å²) < 4.78 is 54.8. The Morgan fingerprint density at radius 3 is 2.40 bits per heavy atom. The van der Waals surface area contributed by atoms with Crippen molar-refractivity contribution in [3.63, 3.8) is 0 Å². The number of aryl methyl sites for hydroxylation is 1. The van der Waals surface area contributed by atoms with Gasteiger partial charge in [-0.05, 0) is 48.4 Å². The number of para-hydroxylation sites is 1. The molecule has 1 aliphatic carbocycles. The van der Waals surface area contributed by atoms with Gasteiger partial charge in [-0.25, -0.2) is 4.39 Å². The normalized spacial score (nSPS) is 19.0. The van der Waals surface area contributed by atoms with Crippen LogP contribution in [0.4, 0.5) is 17.6 Å². The standard InChI is InChI=1S/C28H30F4N4O3.C4H7NO/c1-3-15(2)23(35-22(37)13-16-7-4-5-10-20(16)29)25(38)36-27(26(33)39)12-11-21-18(14-27)17-8-6-9-19(24(17)34-21)28(30,31)32;6-4-2-1-3-5-4/h4-10,15,23,34H,3,11-14H2,1-2H3,(H2,33,39)(H,35,37)(H,36,38);1-3H2,(H,5,6)/t15?,23-,27+;/m0./s1. The number of aromatic amines is 1. The van der Waals surface area contributed by atoms with Crippen LogP contribution in [-0.2, 0) is 44.6 Å². The number of nitrogens with one attached hydrogen (secondary N) is 4. The summed E-state index contributed by atoms with van der Waals surface area (Å²) in [5, 5.41) is 8.37. The Balaban J connectivity index is 0.000000687. The number of rotatable bonds is 8. The van der Waals surface area contributed by atoms with Crippen LogP contribution in [0.15, 0.2) is 42.5 Å². The molecule has 3 atom stereocenters. The molecule has 45 heavy (non-hydrogen) atoms. The van der Waals surface area contributed by atoms with Gasteiger partial charge < -0.3 is 26.7 Å². The van der Waals surface area contributed by atoms with Crippen molar-refractivity contribution in [1.82, 2.24) is 20.9 Å². The number of halogens is 4. The van der Waals surface area contributed by atoms with Crippen LogP contribution in [0.1, 0.15) is 61.9 Å². The highest BCUT2D eigenvalue weighted by Gasteiger charge is 2.45. The van der Waals surface area contributed by atoms with Crippen molar-refractivity contribution in [2.24, 2.45) is 11.7 Å². The Bertz CT molecular complexity index is 1580. The lowest BCUT2D eigenvalue weighted by Gasteiger charge is -2.37. The van der Waals surface area contributed by atoms with Crippen molar-refractivity contribution in [3.8, 4) is 0 Å². The number of benzene rings is 2. The molecular weight excluding hydrogens is 594 g/mol. The van der Waals surface area contributed by atoms with Crippen molar-refractivity contribution >= 4 is 34.5 Å². The summed E-state index contributed by atoms with van der Waals surface area (Å²) in [7, 11) is 0. The summed E-state index contributed by atoms with van der Waals surface area (Å²) in [5.74, 6) is -2.74. The van der Waals surface area contributed by atoms with E-state index in [-0.39, 0.29) is 48.6 Å². The number of aromatic nitrogens is 1. The lowest BCUT2D eigenvalue weighted by molar-refractivity contribution is -0.136. The van der Waals surface area contributed by atoms with E-state index in [1.54, 1.807) is 13.0 Å². The third-order valence-corrected chi connectivity index (χ3v) is 8.47. The predicted octanol–water partition coefficient (Wildman–Crippen LogP) is 3.82. The van der Waals surface area contributed by atoms with Crippen LogP contribution in [0.3, 0.4) is 0 Å². The summed E-state index contributed by atoms with van der Waals surface area (Å²) in [5.41, 5.74) is 4.49. The number of hydrogen-bond donors (Lipinski definition) is 5. The van der Waals surface area contributed by atoms with Crippen molar-refractivity contribution in [3.05, 3.63) is 70.7 Å². The van der Waals surface area contributed by atoms with E-state index >= 15 is 0 Å². The minimum Gasteiger partial charge on any atom is -0.368 e. The van der Waals surface area contributed by atoms with Crippen LogP contribution >= 0.6 is 0 Å². The molecule has 0 bridgehead atoms. The van der Waals surface area contributed by atoms with E-state index in [1.807, 2.05) is 6.92 Å². The smallest absolute Gasteiger partial charge is 0.368 e. The average Bonchev–Trinajstić information content (AvgIpc) is 3.62. The first-order valence-electron chi connectivity index (χ1n) is 14.9. The van der Waals surface area contributed by atoms with Crippen LogP contribution in [0.25, 0.3) is 10.9 Å². The van der Waals surface area contributed by atoms with Crippen molar-refractivity contribution in [2.75, 3.05) is 6.54 Å². The second-order valence-electron chi connectivity index (χ2n) is 11.6. The molecule has 2 aromatic carbocycles. The zero-order valence-electron chi connectivity index (χ0n) is 25.1. The maximum absolute atomic E-state index is 14.0. The number of alkyl halides is 3. The van der Waals surface area contributed by atoms with E-state index in [0.717, 1.165) is 25.5 Å². The van der Waals surface area contributed by atoms with Crippen LogP contribution in [0, 0.1) is 11.7 Å². The van der Waals surface area contributed by atoms with Crippen molar-refractivity contribution in [2.45, 2.75) is 76.6 Å². The van der Waals surface area contributed by atoms with Gasteiger partial charge in [0.2, 0.25) is 23.6 Å². The molecule has 242 valence electrons. The minimum absolute atomic E-state index is 0.0612. The van der Waals surface area contributed by atoms with Gasteiger partial charge in [0.25, 0.3) is 0 Å². The van der Waals surface area contributed by atoms with Gasteiger partial charge in [0.05, 0.1) is 17.5 Å². The molecule has 3 aromatic rings. The van der Waals surface area contributed by atoms with Gasteiger partial charge in [-0.1, -0.05) is 50.6 Å². The number of nitrogens with two attached hydrogens (primary N) is 1. The third-order valence-electron chi connectivity index (χ3n) is 8.47. The first kappa shape index (κ1) is 33.5. The van der Waals surface area contributed by atoms with E-state index in [2.05, 4.69) is 20.9 Å². The molecule has 13 heteroatoms. The first-order valence-corrected chi connectivity index (χ1v) is 14.9. The molecule has 1 saturated heterocycles. The van der Waals surface area contributed by atoms with Crippen LogP contribution < -0.4 is 21.7 Å². The Morgan fingerprint density at radius 2 is 1.82 bits per heavy atom. The van der Waals surface area contributed by atoms with Gasteiger partial charge >= 0.3 is 6.18 Å². The van der Waals surface area contributed by atoms with Gasteiger partial charge in [-0.3, -0.25) is 19.2 Å². The number of H-pyrrole nitrogens is 1. The predicted molar refractivity (Wildman–Crippen MR) is 159 cm³/mol. The molecule has 4 amide bonds. The molecule has 0 radical (unpaired) electrons. The topological polar surface area (TPSA) is 146 Å². The lowest BCUT2D eigenvalue weighted by Crippen LogP contribution is -2.64. The molecule has 1 aliphatic heterocycles. The van der Waals surface area contributed by atoms with Gasteiger partial charge in [-0.15, -0.1) is 0 Å². The molecule has 2 aliphatic rings. The molecule has 5 rings (SSSR count). The zero-order valence-corrected chi connectivity index (χ0v) is 25.1. The maximum atomic E-state index is 14.0. The number of primary amides is 1. The summed E-state index contributed by atoms with van der Waals surface area (Å²) in [4.78, 5) is 52.0. The lowest BCUT2D eigenvalue weighted by atomic mass is 9.78. The van der Waals surface area contributed by atoms with Crippen molar-refractivity contribution < 1.29 is 36.7 Å². The molecule has 1 fully saturated rings. The first-order chi connectivity index (χ1) is 21.3. The van der Waals surface area contributed by atoms with Gasteiger partial charge in [0.15, 0.2) is 0 Å². The van der Waals surface area contributed by atoms with Crippen molar-refractivity contribution in [1.29, 1.82) is 0 Å². The fourth-order valence-electron chi connectivity index (χ4n) is 5.71. The molecule has 1 unspecified atom stereocenters. The second-order valence-corrected chi connectivity index (χ2v) is 11.6. The highest BCUT2D eigenvalue weighted by Crippen LogP contribution is 2.40. The fourth-order valence-corrected chi connectivity index (χ4v) is 5.71. The number of fused-ring (bicyclic) bond motifs is 3. The summed E-state index contributed by atoms with van der Waals surface area (Å²) in [6.07, 6.45) is -2.46. The largest absolute Gasteiger partial charge is 0.418 e. The molecule has 2 heterocycles. The Labute approximate surface area is 257 Å². The summed E-state index contributed by atoms with van der Waals surface area (Å²) in [6, 6.07) is 8.56. The monoisotopic (exact) mass is 631 g/mol. The van der Waals surface area contributed by atoms with Gasteiger partial charge in [0.1, 0.15) is 17.4 Å². The fraction of sp³-hybridized carbons (Fsp3) is 0.438. The number of carbonyl (C=O) groups excluding carboxylic acids is 4. The third kappa shape index (κ3) is 7.63. The molecule has 9 nitrogen and oxygen atoms in total. The molecule has 6 N–H and O–H groups in total. The zero-order chi connectivity index (χ0) is 32.9. The summed E-state index contributed by atoms with van der Waals surface area (Å²) in [6.45, 7) is 4.47. The summed E-state index contributed by atoms with van der Waals surface area (Å²) >= 11 is 0. The van der Waals surface area contributed by atoms with Crippen LogP contribution in [-0.4, -0.2) is 46.7 Å². The SMILES string of the molecule is CCC(C)[C@H](NC(=O)Cc1ccccc1F)C(=O)N[C@]1(C(N)=O)CCc2[nH]c3c(C(F)(F)F)cccc3c2C1.O=C1CCCN1. The maximum Gasteiger partial charge on any atom is 0.418 e. The Morgan fingerprint density at radius 1 is 1.09 bits per heavy atom. The number of hydrogen-bond acceptors (Lipinski definition) is 4. The van der Waals surface area contributed by atoms with E-state index in [4.69, 9.17) is 5.73 Å². The van der Waals surface area contributed by atoms with E-state index in [9.17, 15) is 36.7 Å². The highest BCUT2D eigenvalue weighted by molar-refractivity contribution is 5.96.